The van der Waals surface area contributed by atoms with Gasteiger partial charge in [0, 0.05) is 56.7 Å². The van der Waals surface area contributed by atoms with Crippen LogP contribution < -0.4 is 9.30 Å². The molecule has 9 aromatic rings. The first-order chi connectivity index (χ1) is 28.1. The van der Waals surface area contributed by atoms with Gasteiger partial charge >= 0.3 is 0 Å². The number of ether oxygens (including phenoxy) is 1. The molecule has 1 atom stereocenters. The normalized spacial score (nSPS) is 12.2. The Bertz CT molecular complexity index is 2850. The summed E-state index contributed by atoms with van der Waals surface area (Å²) in [6.45, 7) is 13.6. The third-order valence-corrected chi connectivity index (χ3v) is 11.3. The van der Waals surface area contributed by atoms with Crippen molar-refractivity contribution in [3.05, 3.63) is 188 Å². The van der Waals surface area contributed by atoms with Crippen LogP contribution in [0.3, 0.4) is 0 Å². The first-order valence-corrected chi connectivity index (χ1v) is 20.1. The SMILES string of the molecule is CC(C)C(C)c1ccnc(-n2c3[c-]c(Oc4[c-]c(-n5[c-][n+](-c6c(-c7ccccc7)cccc6-c6ccccc6)cc5)ccc4)ccc3c3cc(C(C)(C)C)ccc32)c1.[Pt]. The number of para-hydroxylation sites is 1. The zero-order valence-electron chi connectivity index (χ0n) is 34.2. The van der Waals surface area contributed by atoms with Crippen molar-refractivity contribution >= 4 is 21.8 Å². The molecule has 0 aliphatic rings. The Morgan fingerprint density at radius 3 is 2.03 bits per heavy atom. The van der Waals surface area contributed by atoms with E-state index in [4.69, 9.17) is 9.72 Å². The van der Waals surface area contributed by atoms with E-state index >= 15 is 0 Å². The smallest absolute Gasteiger partial charge is 0.267 e. The van der Waals surface area contributed by atoms with Gasteiger partial charge in [0.2, 0.25) is 0 Å². The van der Waals surface area contributed by atoms with Gasteiger partial charge in [0.25, 0.3) is 6.33 Å². The van der Waals surface area contributed by atoms with Crippen molar-refractivity contribution in [1.29, 1.82) is 0 Å². The van der Waals surface area contributed by atoms with Gasteiger partial charge in [0.1, 0.15) is 5.82 Å². The number of fused-ring (bicyclic) bond motifs is 3. The zero-order valence-corrected chi connectivity index (χ0v) is 36.5. The summed E-state index contributed by atoms with van der Waals surface area (Å²) in [5.41, 5.74) is 10.9. The van der Waals surface area contributed by atoms with Gasteiger partial charge in [-0.3, -0.25) is 4.57 Å². The molecule has 1 unspecified atom stereocenters. The minimum absolute atomic E-state index is 0. The van der Waals surface area contributed by atoms with Crippen LogP contribution >= 0.6 is 0 Å². The maximum Gasteiger partial charge on any atom is 0.267 e. The van der Waals surface area contributed by atoms with Gasteiger partial charge in [0.15, 0.2) is 0 Å². The quantitative estimate of drug-likeness (QED) is 0.107. The first-order valence-electron chi connectivity index (χ1n) is 20.1. The molecule has 6 heteroatoms. The molecule has 0 bridgehead atoms. The summed E-state index contributed by atoms with van der Waals surface area (Å²) in [6, 6.07) is 55.9. The summed E-state index contributed by atoms with van der Waals surface area (Å²) in [4.78, 5) is 4.91. The Kier molecular flexibility index (Phi) is 11.0. The van der Waals surface area contributed by atoms with E-state index < -0.39 is 0 Å². The van der Waals surface area contributed by atoms with Gasteiger partial charge in [-0.25, -0.2) is 4.98 Å². The van der Waals surface area contributed by atoms with Crippen LogP contribution in [0.25, 0.3) is 61.3 Å². The Labute approximate surface area is 361 Å². The molecular weight excluding hydrogens is 904 g/mol. The van der Waals surface area contributed by atoms with E-state index in [9.17, 15) is 0 Å². The second-order valence-corrected chi connectivity index (χ2v) is 16.5. The second-order valence-electron chi connectivity index (χ2n) is 16.5. The van der Waals surface area contributed by atoms with Gasteiger partial charge < -0.3 is 13.9 Å². The zero-order chi connectivity index (χ0) is 40.0. The van der Waals surface area contributed by atoms with Crippen LogP contribution in [0.4, 0.5) is 0 Å². The maximum atomic E-state index is 6.57. The number of rotatable bonds is 9. The van der Waals surface area contributed by atoms with Crippen LogP contribution in [0.15, 0.2) is 158 Å². The van der Waals surface area contributed by atoms with Crippen LogP contribution in [0.1, 0.15) is 58.6 Å². The van der Waals surface area contributed by atoms with E-state index in [1.54, 1.807) is 0 Å². The first kappa shape index (κ1) is 39.8. The molecule has 59 heavy (non-hydrogen) atoms. The molecule has 0 fully saturated rings. The standard InChI is InChI=1S/C53H46N4O.Pt/c1-36(2)37(3)40-27-28-54-51(31-40)57-49-26-23-41(53(4,5)6)32-48(49)47-25-24-44(34-50(47)57)58-43-20-13-19-42(33-43)55-29-30-56(35-55)52-45(38-15-9-7-10-16-38)21-14-22-46(52)39-17-11-8-12-18-39;/h7-32,36-37H,1-6H3;/q-2;. The molecular formula is C53H46N4OPt-2. The van der Waals surface area contributed by atoms with Crippen molar-refractivity contribution in [2.75, 3.05) is 0 Å². The molecule has 5 nitrogen and oxygen atoms in total. The summed E-state index contributed by atoms with van der Waals surface area (Å²) >= 11 is 0. The minimum Gasteiger partial charge on any atom is -0.510 e. The largest absolute Gasteiger partial charge is 0.510 e. The number of hydrogen-bond donors (Lipinski definition) is 0. The van der Waals surface area contributed by atoms with Crippen molar-refractivity contribution < 1.29 is 30.4 Å². The Morgan fingerprint density at radius 2 is 1.36 bits per heavy atom. The molecule has 0 saturated carbocycles. The molecule has 3 heterocycles. The van der Waals surface area contributed by atoms with E-state index in [1.807, 2.05) is 59.6 Å². The number of hydrogen-bond acceptors (Lipinski definition) is 2. The molecule has 9 rings (SSSR count). The summed E-state index contributed by atoms with van der Waals surface area (Å²) in [6.07, 6.45) is 9.57. The van der Waals surface area contributed by atoms with Crippen molar-refractivity contribution in [3.63, 3.8) is 0 Å². The van der Waals surface area contributed by atoms with Crippen molar-refractivity contribution in [2.24, 2.45) is 5.92 Å². The summed E-state index contributed by atoms with van der Waals surface area (Å²) < 4.78 is 12.8. The number of aromatic nitrogens is 4. The molecule has 0 aliphatic carbocycles. The van der Waals surface area contributed by atoms with Crippen LogP contribution in [-0.4, -0.2) is 14.1 Å². The summed E-state index contributed by atoms with van der Waals surface area (Å²) in [7, 11) is 0. The van der Waals surface area contributed by atoms with Crippen molar-refractivity contribution in [2.45, 2.75) is 52.9 Å². The van der Waals surface area contributed by atoms with Gasteiger partial charge in [0.05, 0.1) is 5.69 Å². The van der Waals surface area contributed by atoms with Gasteiger partial charge in [-0.05, 0) is 79.9 Å². The molecule has 0 N–H and O–H groups in total. The third kappa shape index (κ3) is 7.80. The fraction of sp³-hybridized carbons (Fsp3) is 0.170. The molecule has 0 amide bonds. The minimum atomic E-state index is 0. The molecule has 0 aliphatic heterocycles. The van der Waals surface area contributed by atoms with E-state index in [0.717, 1.165) is 55.9 Å². The predicted octanol–water partition coefficient (Wildman–Crippen LogP) is 12.8. The topological polar surface area (TPSA) is 35.9 Å². The molecule has 296 valence electrons. The van der Waals surface area contributed by atoms with Crippen LogP contribution in [0, 0.1) is 24.4 Å². The predicted molar refractivity (Wildman–Crippen MR) is 235 cm³/mol. The van der Waals surface area contributed by atoms with E-state index in [2.05, 4.69) is 172 Å². The fourth-order valence-corrected chi connectivity index (χ4v) is 7.75. The molecule has 0 spiro atoms. The number of benzene rings is 6. The van der Waals surface area contributed by atoms with Crippen LogP contribution in [0.2, 0.25) is 0 Å². The van der Waals surface area contributed by atoms with Gasteiger partial charge in [-0.2, -0.15) is 18.2 Å². The van der Waals surface area contributed by atoms with E-state index in [0.29, 0.717) is 23.3 Å². The molecule has 0 radical (unpaired) electrons. The monoisotopic (exact) mass is 949 g/mol. The number of nitrogens with zero attached hydrogens (tertiary/aromatic N) is 4. The van der Waals surface area contributed by atoms with Gasteiger partial charge in [-0.1, -0.05) is 138 Å². The fourth-order valence-electron chi connectivity index (χ4n) is 7.75. The number of pyridine rings is 1. The Balaban J connectivity index is 0.00000484. The van der Waals surface area contributed by atoms with Crippen molar-refractivity contribution in [1.82, 2.24) is 14.1 Å². The Hall–Kier alpha value is -6.03. The Morgan fingerprint density at radius 1 is 0.678 bits per heavy atom. The average molecular weight is 950 g/mol. The van der Waals surface area contributed by atoms with Gasteiger partial charge in [-0.15, -0.1) is 29.7 Å². The molecule has 0 saturated heterocycles. The van der Waals surface area contributed by atoms with Crippen LogP contribution in [-0.2, 0) is 26.5 Å². The van der Waals surface area contributed by atoms with E-state index in [-0.39, 0.29) is 26.5 Å². The second kappa shape index (κ2) is 16.3. The van der Waals surface area contributed by atoms with Crippen molar-refractivity contribution in [3.8, 4) is 50.9 Å². The molecule has 6 aromatic carbocycles. The third-order valence-electron chi connectivity index (χ3n) is 11.3. The maximum absolute atomic E-state index is 6.57. The number of imidazole rings is 1. The van der Waals surface area contributed by atoms with Crippen LogP contribution in [0.5, 0.6) is 11.5 Å². The van der Waals surface area contributed by atoms with E-state index in [1.165, 1.54) is 16.5 Å². The summed E-state index contributed by atoms with van der Waals surface area (Å²) in [5, 5.41) is 2.27. The average Bonchev–Trinajstić information content (AvgIpc) is 3.87. The summed E-state index contributed by atoms with van der Waals surface area (Å²) in [5.74, 6) is 2.96. The molecule has 3 aromatic heterocycles.